The van der Waals surface area contributed by atoms with Gasteiger partial charge in [0, 0.05) is 12.4 Å². The van der Waals surface area contributed by atoms with Crippen LogP contribution < -0.4 is 9.47 Å². The van der Waals surface area contributed by atoms with Gasteiger partial charge in [-0.1, -0.05) is 6.07 Å². The van der Waals surface area contributed by atoms with E-state index in [2.05, 4.69) is 20.9 Å². The smallest absolute Gasteiger partial charge is 0.137 e. The molecule has 20 heavy (non-hydrogen) atoms. The largest absolute Gasteiger partial charge is 0.497 e. The second-order valence-corrected chi connectivity index (χ2v) is 5.14. The molecule has 0 aliphatic heterocycles. The molecule has 0 bridgehead atoms. The third-order valence-electron chi connectivity index (χ3n) is 2.93. The Bertz CT molecular complexity index is 707. The summed E-state index contributed by atoms with van der Waals surface area (Å²) < 4.78 is 13.8. The fourth-order valence-electron chi connectivity index (χ4n) is 1.93. The van der Waals surface area contributed by atoms with E-state index < -0.39 is 0 Å². The van der Waals surface area contributed by atoms with Crippen LogP contribution in [0.3, 0.4) is 0 Å². The lowest BCUT2D eigenvalue weighted by atomic mass is 10.3. The molecule has 0 aliphatic carbocycles. The quantitative estimate of drug-likeness (QED) is 0.731. The molecule has 0 atom stereocenters. The molecule has 3 aromatic rings. The number of imidazole rings is 1. The highest BCUT2D eigenvalue weighted by atomic mass is 79.9. The first kappa shape index (κ1) is 13.0. The van der Waals surface area contributed by atoms with E-state index in [1.165, 1.54) is 0 Å². The van der Waals surface area contributed by atoms with E-state index >= 15 is 0 Å². The Labute approximate surface area is 125 Å². The van der Waals surface area contributed by atoms with Gasteiger partial charge >= 0.3 is 0 Å². The molecule has 0 aliphatic rings. The molecule has 1 aromatic carbocycles. The molecule has 0 amide bonds. The number of ether oxygens (including phenoxy) is 2. The van der Waals surface area contributed by atoms with Crippen molar-refractivity contribution in [3.8, 4) is 11.5 Å². The van der Waals surface area contributed by atoms with E-state index in [0.29, 0.717) is 6.61 Å². The Kier molecular flexibility index (Phi) is 3.60. The summed E-state index contributed by atoms with van der Waals surface area (Å²) in [5.41, 5.74) is 1.80. The molecule has 2 aromatic heterocycles. The van der Waals surface area contributed by atoms with Crippen molar-refractivity contribution in [1.82, 2.24) is 9.38 Å². The number of nitrogens with zero attached hydrogens (tertiary/aromatic N) is 2. The standard InChI is InChI=1S/C15H13BrN2O2/c1-19-12-5-6-14(13(16)8-12)20-10-11-9-18-7-3-2-4-15(18)17-11/h2-9H,10H2,1H3. The fraction of sp³-hybridized carbons (Fsp3) is 0.133. The second kappa shape index (κ2) is 5.54. The summed E-state index contributed by atoms with van der Waals surface area (Å²) in [5, 5.41) is 0. The Morgan fingerprint density at radius 1 is 1.25 bits per heavy atom. The molecule has 0 saturated heterocycles. The number of benzene rings is 1. The molecule has 0 unspecified atom stereocenters. The number of hydrogen-bond donors (Lipinski definition) is 0. The molecule has 0 spiro atoms. The fourth-order valence-corrected chi connectivity index (χ4v) is 2.41. The van der Waals surface area contributed by atoms with Crippen molar-refractivity contribution in [2.45, 2.75) is 6.61 Å². The lowest BCUT2D eigenvalue weighted by Gasteiger charge is -2.08. The van der Waals surface area contributed by atoms with E-state index in [1.54, 1.807) is 7.11 Å². The summed E-state index contributed by atoms with van der Waals surface area (Å²) in [6, 6.07) is 11.5. The van der Waals surface area contributed by atoms with Crippen LogP contribution in [0.2, 0.25) is 0 Å². The van der Waals surface area contributed by atoms with Crippen LogP contribution in [0.5, 0.6) is 11.5 Å². The summed E-state index contributed by atoms with van der Waals surface area (Å²) in [7, 11) is 1.64. The zero-order valence-electron chi connectivity index (χ0n) is 10.9. The molecule has 0 fully saturated rings. The molecular formula is C15H13BrN2O2. The normalized spacial score (nSPS) is 10.7. The van der Waals surface area contributed by atoms with Crippen molar-refractivity contribution >= 4 is 21.6 Å². The lowest BCUT2D eigenvalue weighted by molar-refractivity contribution is 0.299. The van der Waals surface area contributed by atoms with Crippen molar-refractivity contribution in [1.29, 1.82) is 0 Å². The predicted molar refractivity (Wildman–Crippen MR) is 80.2 cm³/mol. The summed E-state index contributed by atoms with van der Waals surface area (Å²) in [6.45, 7) is 0.423. The number of hydrogen-bond acceptors (Lipinski definition) is 3. The van der Waals surface area contributed by atoms with Crippen LogP contribution in [0.15, 0.2) is 53.3 Å². The first-order valence-corrected chi connectivity index (χ1v) is 6.94. The number of pyridine rings is 1. The van der Waals surface area contributed by atoms with Crippen LogP contribution in [0.1, 0.15) is 5.69 Å². The van der Waals surface area contributed by atoms with E-state index in [9.17, 15) is 0 Å². The molecule has 0 N–H and O–H groups in total. The third kappa shape index (κ3) is 2.63. The first-order valence-electron chi connectivity index (χ1n) is 6.15. The van der Waals surface area contributed by atoms with Gasteiger partial charge in [-0.2, -0.15) is 0 Å². The molecule has 3 rings (SSSR count). The van der Waals surface area contributed by atoms with Crippen LogP contribution in [0.25, 0.3) is 5.65 Å². The topological polar surface area (TPSA) is 35.8 Å². The summed E-state index contributed by atoms with van der Waals surface area (Å²) >= 11 is 3.47. The van der Waals surface area contributed by atoms with E-state index in [1.807, 2.05) is 53.2 Å². The van der Waals surface area contributed by atoms with Gasteiger partial charge in [0.1, 0.15) is 23.8 Å². The molecular weight excluding hydrogens is 320 g/mol. The summed E-state index contributed by atoms with van der Waals surface area (Å²) in [4.78, 5) is 4.49. The van der Waals surface area contributed by atoms with Crippen molar-refractivity contribution in [2.24, 2.45) is 0 Å². The van der Waals surface area contributed by atoms with Gasteiger partial charge in [0.05, 0.1) is 17.3 Å². The van der Waals surface area contributed by atoms with Gasteiger partial charge < -0.3 is 13.9 Å². The minimum Gasteiger partial charge on any atom is -0.497 e. The summed E-state index contributed by atoms with van der Waals surface area (Å²) in [5.74, 6) is 1.56. The summed E-state index contributed by atoms with van der Waals surface area (Å²) in [6.07, 6.45) is 3.93. The predicted octanol–water partition coefficient (Wildman–Crippen LogP) is 3.68. The van der Waals surface area contributed by atoms with Gasteiger partial charge in [0.2, 0.25) is 0 Å². The van der Waals surface area contributed by atoms with Crippen molar-refractivity contribution in [2.75, 3.05) is 7.11 Å². The van der Waals surface area contributed by atoms with Crippen molar-refractivity contribution < 1.29 is 9.47 Å². The molecule has 0 radical (unpaired) electrons. The van der Waals surface area contributed by atoms with Crippen LogP contribution in [0.4, 0.5) is 0 Å². The van der Waals surface area contributed by atoms with Crippen LogP contribution in [0, 0.1) is 0 Å². The Morgan fingerprint density at radius 3 is 2.90 bits per heavy atom. The van der Waals surface area contributed by atoms with E-state index in [0.717, 1.165) is 27.3 Å². The number of aromatic nitrogens is 2. The number of fused-ring (bicyclic) bond motifs is 1. The second-order valence-electron chi connectivity index (χ2n) is 4.28. The maximum atomic E-state index is 5.77. The number of rotatable bonds is 4. The van der Waals surface area contributed by atoms with Gasteiger partial charge in [-0.25, -0.2) is 4.98 Å². The molecule has 0 saturated carbocycles. The number of methoxy groups -OCH3 is 1. The lowest BCUT2D eigenvalue weighted by Crippen LogP contribution is -1.96. The van der Waals surface area contributed by atoms with Gasteiger partial charge in [0.15, 0.2) is 0 Å². The minimum absolute atomic E-state index is 0.423. The average Bonchev–Trinajstić information content (AvgIpc) is 2.88. The Morgan fingerprint density at radius 2 is 2.15 bits per heavy atom. The number of halogens is 1. The minimum atomic E-state index is 0.423. The molecule has 4 nitrogen and oxygen atoms in total. The maximum Gasteiger partial charge on any atom is 0.137 e. The van der Waals surface area contributed by atoms with Crippen molar-refractivity contribution in [3.63, 3.8) is 0 Å². The highest BCUT2D eigenvalue weighted by Crippen LogP contribution is 2.29. The highest BCUT2D eigenvalue weighted by Gasteiger charge is 2.05. The highest BCUT2D eigenvalue weighted by molar-refractivity contribution is 9.10. The maximum absolute atomic E-state index is 5.77. The van der Waals surface area contributed by atoms with Gasteiger partial charge in [0.25, 0.3) is 0 Å². The third-order valence-corrected chi connectivity index (χ3v) is 3.55. The van der Waals surface area contributed by atoms with Gasteiger partial charge in [-0.05, 0) is 46.3 Å². The van der Waals surface area contributed by atoms with Gasteiger partial charge in [-0.15, -0.1) is 0 Å². The van der Waals surface area contributed by atoms with E-state index in [-0.39, 0.29) is 0 Å². The Hall–Kier alpha value is -2.01. The zero-order chi connectivity index (χ0) is 13.9. The molecule has 102 valence electrons. The van der Waals surface area contributed by atoms with Crippen molar-refractivity contribution in [3.05, 3.63) is 59.0 Å². The monoisotopic (exact) mass is 332 g/mol. The Balaban J connectivity index is 1.75. The van der Waals surface area contributed by atoms with Gasteiger partial charge in [-0.3, -0.25) is 0 Å². The SMILES string of the molecule is COc1ccc(OCc2cn3ccccc3n2)c(Br)c1. The van der Waals surface area contributed by atoms with Crippen LogP contribution in [-0.4, -0.2) is 16.5 Å². The van der Waals surface area contributed by atoms with Crippen LogP contribution >= 0.6 is 15.9 Å². The molecule has 2 heterocycles. The first-order chi connectivity index (χ1) is 9.76. The zero-order valence-corrected chi connectivity index (χ0v) is 12.5. The average molecular weight is 333 g/mol. The van der Waals surface area contributed by atoms with E-state index in [4.69, 9.17) is 9.47 Å². The van der Waals surface area contributed by atoms with Crippen LogP contribution in [-0.2, 0) is 6.61 Å². The molecule has 5 heteroatoms.